The molecule has 0 bridgehead atoms. The molecule has 19 heavy (non-hydrogen) atoms. The van der Waals surface area contributed by atoms with Gasteiger partial charge in [-0.05, 0) is 41.0 Å². The van der Waals surface area contributed by atoms with E-state index in [1.54, 1.807) is 18.9 Å². The first-order valence-electron chi connectivity index (χ1n) is 6.85. The number of aldehydes is 1. The van der Waals surface area contributed by atoms with Crippen LogP contribution < -0.4 is 0 Å². The van der Waals surface area contributed by atoms with Crippen molar-refractivity contribution in [2.24, 2.45) is 5.92 Å². The summed E-state index contributed by atoms with van der Waals surface area (Å²) in [6, 6.07) is 0. The summed E-state index contributed by atoms with van der Waals surface area (Å²) in [5.41, 5.74) is -0.435. The quantitative estimate of drug-likeness (QED) is 0.669. The van der Waals surface area contributed by atoms with Crippen LogP contribution in [0.3, 0.4) is 0 Å². The molecule has 0 aromatic rings. The lowest BCUT2D eigenvalue weighted by Crippen LogP contribution is -2.46. The Kier molecular flexibility index (Phi) is 6.70. The summed E-state index contributed by atoms with van der Waals surface area (Å²) in [5, 5.41) is 0. The van der Waals surface area contributed by atoms with Gasteiger partial charge in [-0.3, -0.25) is 4.79 Å². The number of nitrogens with zero attached hydrogens (tertiary/aromatic N) is 1. The highest BCUT2D eigenvalue weighted by atomic mass is 16.5. The molecule has 0 aromatic carbocycles. The number of hydrogen-bond acceptors (Lipinski definition) is 3. The molecule has 0 aliphatic rings. The lowest BCUT2D eigenvalue weighted by molar-refractivity contribution is -0.137. The zero-order chi connectivity index (χ0) is 15.3. The van der Waals surface area contributed by atoms with Crippen molar-refractivity contribution in [3.8, 4) is 0 Å². The molecule has 0 aliphatic heterocycles. The SMILES string of the molecule is CC(C=O)CC(=O)N(C)C(C)(C)CCOC(C)(C)C. The van der Waals surface area contributed by atoms with Crippen molar-refractivity contribution in [2.45, 2.75) is 65.5 Å². The van der Waals surface area contributed by atoms with Gasteiger partial charge in [-0.25, -0.2) is 0 Å². The summed E-state index contributed by atoms with van der Waals surface area (Å²) in [5.74, 6) is -0.225. The fourth-order valence-electron chi connectivity index (χ4n) is 1.57. The van der Waals surface area contributed by atoms with E-state index in [0.29, 0.717) is 6.61 Å². The van der Waals surface area contributed by atoms with Gasteiger partial charge in [0.1, 0.15) is 6.29 Å². The van der Waals surface area contributed by atoms with Crippen molar-refractivity contribution in [1.82, 2.24) is 4.90 Å². The normalized spacial score (nSPS) is 14.1. The topological polar surface area (TPSA) is 46.6 Å². The fraction of sp³-hybridized carbons (Fsp3) is 0.867. The average Bonchev–Trinajstić information content (AvgIpc) is 2.25. The molecule has 0 heterocycles. The Balaban J connectivity index is 4.38. The van der Waals surface area contributed by atoms with Crippen LogP contribution >= 0.6 is 0 Å². The molecule has 0 radical (unpaired) electrons. The second-order valence-electron chi connectivity index (χ2n) is 6.79. The van der Waals surface area contributed by atoms with E-state index in [-0.39, 0.29) is 29.4 Å². The van der Waals surface area contributed by atoms with E-state index in [1.165, 1.54) is 0 Å². The van der Waals surface area contributed by atoms with Crippen molar-refractivity contribution in [3.05, 3.63) is 0 Å². The van der Waals surface area contributed by atoms with Gasteiger partial charge in [0.25, 0.3) is 0 Å². The minimum absolute atomic E-state index is 0.000332. The Labute approximate surface area is 117 Å². The summed E-state index contributed by atoms with van der Waals surface area (Å²) < 4.78 is 5.70. The highest BCUT2D eigenvalue weighted by molar-refractivity contribution is 5.79. The fourth-order valence-corrected chi connectivity index (χ4v) is 1.57. The minimum Gasteiger partial charge on any atom is -0.376 e. The summed E-state index contributed by atoms with van der Waals surface area (Å²) in [4.78, 5) is 24.4. The Morgan fingerprint density at radius 1 is 1.26 bits per heavy atom. The lowest BCUT2D eigenvalue weighted by Gasteiger charge is -2.37. The zero-order valence-electron chi connectivity index (χ0n) is 13.4. The Morgan fingerprint density at radius 3 is 2.21 bits per heavy atom. The molecule has 0 N–H and O–H groups in total. The summed E-state index contributed by atoms with van der Waals surface area (Å²) in [7, 11) is 1.79. The summed E-state index contributed by atoms with van der Waals surface area (Å²) in [6.07, 6.45) is 1.85. The molecular weight excluding hydrogens is 242 g/mol. The molecule has 0 saturated carbocycles. The number of rotatable bonds is 7. The molecule has 0 aromatic heterocycles. The molecule has 112 valence electrons. The molecular formula is C15H29NO3. The van der Waals surface area contributed by atoms with Gasteiger partial charge in [0, 0.05) is 31.5 Å². The van der Waals surface area contributed by atoms with E-state index in [0.717, 1.165) is 12.7 Å². The lowest BCUT2D eigenvalue weighted by atomic mass is 9.97. The molecule has 0 spiro atoms. The minimum atomic E-state index is -0.273. The van der Waals surface area contributed by atoms with E-state index in [9.17, 15) is 9.59 Å². The van der Waals surface area contributed by atoms with E-state index in [2.05, 4.69) is 0 Å². The maximum atomic E-state index is 12.0. The van der Waals surface area contributed by atoms with Crippen molar-refractivity contribution in [3.63, 3.8) is 0 Å². The molecule has 0 rings (SSSR count). The first-order chi connectivity index (χ1) is 8.49. The monoisotopic (exact) mass is 271 g/mol. The summed E-state index contributed by atoms with van der Waals surface area (Å²) in [6.45, 7) is 12.4. The van der Waals surface area contributed by atoms with Gasteiger partial charge in [0.05, 0.1) is 5.60 Å². The smallest absolute Gasteiger partial charge is 0.223 e. The van der Waals surface area contributed by atoms with Gasteiger partial charge < -0.3 is 14.4 Å². The van der Waals surface area contributed by atoms with Crippen LogP contribution in [-0.2, 0) is 14.3 Å². The maximum Gasteiger partial charge on any atom is 0.223 e. The standard InChI is InChI=1S/C15H29NO3/c1-12(11-17)10-13(18)16(7)15(5,6)8-9-19-14(2,3)4/h11-12H,8-10H2,1-7H3. The maximum absolute atomic E-state index is 12.0. The highest BCUT2D eigenvalue weighted by Crippen LogP contribution is 2.20. The predicted molar refractivity (Wildman–Crippen MR) is 77.0 cm³/mol. The van der Waals surface area contributed by atoms with E-state index >= 15 is 0 Å². The Hall–Kier alpha value is -0.900. The Bertz CT molecular complexity index is 305. The van der Waals surface area contributed by atoms with Crippen LogP contribution in [0.25, 0.3) is 0 Å². The first-order valence-corrected chi connectivity index (χ1v) is 6.85. The molecule has 4 heteroatoms. The van der Waals surface area contributed by atoms with Crippen LogP contribution in [0.4, 0.5) is 0 Å². The van der Waals surface area contributed by atoms with Crippen molar-refractivity contribution >= 4 is 12.2 Å². The average molecular weight is 271 g/mol. The number of ether oxygens (including phenoxy) is 1. The number of carbonyl (C=O) groups excluding carboxylic acids is 2. The van der Waals surface area contributed by atoms with Gasteiger partial charge in [0.2, 0.25) is 5.91 Å². The largest absolute Gasteiger partial charge is 0.376 e. The first kappa shape index (κ1) is 18.1. The van der Waals surface area contributed by atoms with Crippen LogP contribution in [0.5, 0.6) is 0 Å². The second kappa shape index (κ2) is 7.04. The number of amides is 1. The molecule has 4 nitrogen and oxygen atoms in total. The molecule has 1 unspecified atom stereocenters. The van der Waals surface area contributed by atoms with Crippen LogP contribution in [-0.4, -0.2) is 41.9 Å². The molecule has 0 saturated heterocycles. The molecule has 1 amide bonds. The summed E-state index contributed by atoms with van der Waals surface area (Å²) >= 11 is 0. The number of carbonyl (C=O) groups is 2. The highest BCUT2D eigenvalue weighted by Gasteiger charge is 2.28. The molecule has 0 fully saturated rings. The van der Waals surface area contributed by atoms with Gasteiger partial charge in [-0.15, -0.1) is 0 Å². The van der Waals surface area contributed by atoms with Crippen LogP contribution in [0.2, 0.25) is 0 Å². The van der Waals surface area contributed by atoms with Gasteiger partial charge in [-0.1, -0.05) is 6.92 Å². The Morgan fingerprint density at radius 2 is 1.79 bits per heavy atom. The van der Waals surface area contributed by atoms with Gasteiger partial charge >= 0.3 is 0 Å². The molecule has 1 atom stereocenters. The molecule has 0 aliphatic carbocycles. The van der Waals surface area contributed by atoms with E-state index in [4.69, 9.17) is 4.74 Å². The van der Waals surface area contributed by atoms with Gasteiger partial charge in [-0.2, -0.15) is 0 Å². The van der Waals surface area contributed by atoms with Crippen molar-refractivity contribution in [1.29, 1.82) is 0 Å². The van der Waals surface area contributed by atoms with Crippen LogP contribution in [0.15, 0.2) is 0 Å². The zero-order valence-corrected chi connectivity index (χ0v) is 13.4. The van der Waals surface area contributed by atoms with Gasteiger partial charge in [0.15, 0.2) is 0 Å². The van der Waals surface area contributed by atoms with Crippen LogP contribution in [0, 0.1) is 5.92 Å². The van der Waals surface area contributed by atoms with E-state index in [1.807, 2.05) is 34.6 Å². The van der Waals surface area contributed by atoms with E-state index < -0.39 is 0 Å². The number of hydrogen-bond donors (Lipinski definition) is 0. The van der Waals surface area contributed by atoms with Crippen LogP contribution in [0.1, 0.15) is 54.4 Å². The van der Waals surface area contributed by atoms with Crippen molar-refractivity contribution in [2.75, 3.05) is 13.7 Å². The second-order valence-corrected chi connectivity index (χ2v) is 6.79. The third kappa shape index (κ3) is 7.31. The predicted octanol–water partition coefficient (Wildman–Crippen LogP) is 2.65. The third-order valence-corrected chi connectivity index (χ3v) is 3.26. The third-order valence-electron chi connectivity index (χ3n) is 3.26. The van der Waals surface area contributed by atoms with Crippen molar-refractivity contribution < 1.29 is 14.3 Å².